The average molecular weight is 194 g/mol. The third-order valence-corrected chi connectivity index (χ3v) is 1.99. The van der Waals surface area contributed by atoms with Crippen molar-refractivity contribution < 1.29 is 9.84 Å². The van der Waals surface area contributed by atoms with Gasteiger partial charge in [0.05, 0.1) is 6.10 Å². The summed E-state index contributed by atoms with van der Waals surface area (Å²) < 4.78 is 5.55. The summed E-state index contributed by atoms with van der Waals surface area (Å²) in [4.78, 5) is 0. The number of hydrogen-bond donors (Lipinski definition) is 1. The van der Waals surface area contributed by atoms with Crippen molar-refractivity contribution in [2.45, 2.75) is 39.7 Å². The monoisotopic (exact) mass is 194 g/mol. The second-order valence-corrected chi connectivity index (χ2v) is 4.04. The molecule has 0 radical (unpaired) electrons. The van der Waals surface area contributed by atoms with E-state index in [1.54, 1.807) is 12.1 Å². The largest absolute Gasteiger partial charge is 0.508 e. The maximum Gasteiger partial charge on any atom is 0.120 e. The molecule has 2 nitrogen and oxygen atoms in total. The van der Waals surface area contributed by atoms with Gasteiger partial charge in [0.1, 0.15) is 11.5 Å². The van der Waals surface area contributed by atoms with E-state index < -0.39 is 0 Å². The lowest BCUT2D eigenvalue weighted by Gasteiger charge is -2.13. The second-order valence-electron chi connectivity index (χ2n) is 4.04. The maximum absolute atomic E-state index is 9.58. The SMILES string of the molecule is CC(C)Oc1ccc(O)c(C(C)C)c1. The first-order chi connectivity index (χ1) is 6.50. The number of phenols is 1. The van der Waals surface area contributed by atoms with Crippen LogP contribution in [0.2, 0.25) is 0 Å². The van der Waals surface area contributed by atoms with Crippen LogP contribution in [0.3, 0.4) is 0 Å². The van der Waals surface area contributed by atoms with Crippen molar-refractivity contribution in [2.75, 3.05) is 0 Å². The standard InChI is InChI=1S/C12H18O2/c1-8(2)11-7-10(14-9(3)4)5-6-12(11)13/h5-9,13H,1-4H3. The fourth-order valence-electron chi connectivity index (χ4n) is 1.34. The molecule has 1 N–H and O–H groups in total. The minimum atomic E-state index is 0.166. The molecule has 0 aliphatic heterocycles. The van der Waals surface area contributed by atoms with Crippen LogP contribution in [-0.4, -0.2) is 11.2 Å². The van der Waals surface area contributed by atoms with Crippen LogP contribution < -0.4 is 4.74 Å². The van der Waals surface area contributed by atoms with Gasteiger partial charge in [0.2, 0.25) is 0 Å². The van der Waals surface area contributed by atoms with Crippen LogP contribution in [0.25, 0.3) is 0 Å². The van der Waals surface area contributed by atoms with E-state index in [4.69, 9.17) is 4.74 Å². The Bertz CT molecular complexity index is 303. The molecule has 2 heteroatoms. The van der Waals surface area contributed by atoms with Crippen LogP contribution >= 0.6 is 0 Å². The molecular weight excluding hydrogens is 176 g/mol. The Labute approximate surface area is 85.5 Å². The summed E-state index contributed by atoms with van der Waals surface area (Å²) in [6, 6.07) is 5.38. The molecule has 0 bridgehead atoms. The molecule has 14 heavy (non-hydrogen) atoms. The highest BCUT2D eigenvalue weighted by atomic mass is 16.5. The van der Waals surface area contributed by atoms with Gasteiger partial charge >= 0.3 is 0 Å². The molecule has 78 valence electrons. The minimum absolute atomic E-state index is 0.166. The number of phenolic OH excluding ortho intramolecular Hbond substituents is 1. The Morgan fingerprint density at radius 2 is 1.79 bits per heavy atom. The van der Waals surface area contributed by atoms with E-state index in [-0.39, 0.29) is 6.10 Å². The molecule has 0 aliphatic rings. The van der Waals surface area contributed by atoms with Gasteiger partial charge in [-0.2, -0.15) is 0 Å². The zero-order valence-electron chi connectivity index (χ0n) is 9.24. The summed E-state index contributed by atoms with van der Waals surface area (Å²) in [6.45, 7) is 8.08. The van der Waals surface area contributed by atoms with E-state index in [2.05, 4.69) is 0 Å². The molecule has 0 unspecified atom stereocenters. The van der Waals surface area contributed by atoms with Crippen LogP contribution in [-0.2, 0) is 0 Å². The Morgan fingerprint density at radius 1 is 1.14 bits per heavy atom. The van der Waals surface area contributed by atoms with Gasteiger partial charge < -0.3 is 9.84 Å². The lowest BCUT2D eigenvalue weighted by atomic mass is 10.0. The van der Waals surface area contributed by atoms with Crippen LogP contribution in [0.1, 0.15) is 39.2 Å². The fourth-order valence-corrected chi connectivity index (χ4v) is 1.34. The highest BCUT2D eigenvalue weighted by Gasteiger charge is 2.07. The lowest BCUT2D eigenvalue weighted by molar-refractivity contribution is 0.241. The summed E-state index contributed by atoms with van der Waals surface area (Å²) in [7, 11) is 0. The lowest BCUT2D eigenvalue weighted by Crippen LogP contribution is -2.05. The third kappa shape index (κ3) is 2.66. The van der Waals surface area contributed by atoms with Crippen molar-refractivity contribution in [1.29, 1.82) is 0 Å². The first kappa shape index (κ1) is 10.9. The van der Waals surface area contributed by atoms with Crippen molar-refractivity contribution in [2.24, 2.45) is 0 Å². The van der Waals surface area contributed by atoms with Gasteiger partial charge in [0.15, 0.2) is 0 Å². The van der Waals surface area contributed by atoms with Gasteiger partial charge in [-0.3, -0.25) is 0 Å². The molecule has 0 fully saturated rings. The molecule has 0 aromatic heterocycles. The number of aromatic hydroxyl groups is 1. The normalized spacial score (nSPS) is 11.0. The predicted molar refractivity (Wildman–Crippen MR) is 58.0 cm³/mol. The Balaban J connectivity index is 2.94. The van der Waals surface area contributed by atoms with Crippen molar-refractivity contribution in [3.8, 4) is 11.5 Å². The Hall–Kier alpha value is -1.18. The molecule has 0 atom stereocenters. The molecule has 1 aromatic rings. The molecule has 0 aliphatic carbocycles. The molecule has 0 heterocycles. The highest BCUT2D eigenvalue weighted by molar-refractivity contribution is 5.41. The summed E-state index contributed by atoms with van der Waals surface area (Å²) >= 11 is 0. The number of ether oxygens (including phenoxy) is 1. The number of rotatable bonds is 3. The van der Waals surface area contributed by atoms with Gasteiger partial charge in [-0.1, -0.05) is 13.8 Å². The minimum Gasteiger partial charge on any atom is -0.508 e. The third-order valence-electron chi connectivity index (χ3n) is 1.99. The molecule has 0 amide bonds. The van der Waals surface area contributed by atoms with Crippen molar-refractivity contribution in [3.05, 3.63) is 23.8 Å². The van der Waals surface area contributed by atoms with E-state index in [0.717, 1.165) is 11.3 Å². The van der Waals surface area contributed by atoms with Gasteiger partial charge in [-0.25, -0.2) is 0 Å². The first-order valence-electron chi connectivity index (χ1n) is 5.00. The van der Waals surface area contributed by atoms with E-state index in [0.29, 0.717) is 11.7 Å². The molecule has 1 aromatic carbocycles. The molecule has 0 spiro atoms. The zero-order valence-corrected chi connectivity index (χ0v) is 9.24. The molecular formula is C12H18O2. The van der Waals surface area contributed by atoms with Crippen molar-refractivity contribution >= 4 is 0 Å². The molecule has 0 saturated heterocycles. The number of hydrogen-bond acceptors (Lipinski definition) is 2. The summed E-state index contributed by atoms with van der Waals surface area (Å²) in [5.74, 6) is 1.48. The van der Waals surface area contributed by atoms with Crippen LogP contribution in [0.15, 0.2) is 18.2 Å². The van der Waals surface area contributed by atoms with Crippen LogP contribution in [0, 0.1) is 0 Å². The number of benzene rings is 1. The second kappa shape index (κ2) is 4.36. The van der Waals surface area contributed by atoms with Crippen molar-refractivity contribution in [3.63, 3.8) is 0 Å². The molecule has 1 rings (SSSR count). The van der Waals surface area contributed by atoms with E-state index >= 15 is 0 Å². The van der Waals surface area contributed by atoms with E-state index in [9.17, 15) is 5.11 Å². The topological polar surface area (TPSA) is 29.5 Å². The smallest absolute Gasteiger partial charge is 0.120 e. The van der Waals surface area contributed by atoms with Crippen LogP contribution in [0.5, 0.6) is 11.5 Å². The van der Waals surface area contributed by atoms with E-state index in [1.807, 2.05) is 33.8 Å². The highest BCUT2D eigenvalue weighted by Crippen LogP contribution is 2.29. The fraction of sp³-hybridized carbons (Fsp3) is 0.500. The average Bonchev–Trinajstić information content (AvgIpc) is 2.07. The van der Waals surface area contributed by atoms with Gasteiger partial charge in [-0.15, -0.1) is 0 Å². The predicted octanol–water partition coefficient (Wildman–Crippen LogP) is 3.30. The van der Waals surface area contributed by atoms with E-state index in [1.165, 1.54) is 0 Å². The zero-order chi connectivity index (χ0) is 10.7. The summed E-state index contributed by atoms with van der Waals surface area (Å²) in [5.41, 5.74) is 0.933. The van der Waals surface area contributed by atoms with Crippen molar-refractivity contribution in [1.82, 2.24) is 0 Å². The first-order valence-corrected chi connectivity index (χ1v) is 5.00. The summed E-state index contributed by atoms with van der Waals surface area (Å²) in [5, 5.41) is 9.58. The maximum atomic E-state index is 9.58. The quantitative estimate of drug-likeness (QED) is 0.800. The Morgan fingerprint density at radius 3 is 2.29 bits per heavy atom. The summed E-state index contributed by atoms with van der Waals surface area (Å²) in [6.07, 6.45) is 0.166. The van der Waals surface area contributed by atoms with Crippen LogP contribution in [0.4, 0.5) is 0 Å². The van der Waals surface area contributed by atoms with Gasteiger partial charge in [0, 0.05) is 5.56 Å². The Kier molecular flexibility index (Phi) is 3.39. The van der Waals surface area contributed by atoms with Gasteiger partial charge in [0.25, 0.3) is 0 Å². The molecule has 0 saturated carbocycles. The van der Waals surface area contributed by atoms with Gasteiger partial charge in [-0.05, 0) is 38.0 Å².